The molecule has 1 heterocycles. The first-order valence-electron chi connectivity index (χ1n) is 10.4. The first-order valence-corrected chi connectivity index (χ1v) is 10.9. The van der Waals surface area contributed by atoms with Crippen LogP contribution >= 0.6 is 12.2 Å². The van der Waals surface area contributed by atoms with Crippen LogP contribution in [0.15, 0.2) is 84.9 Å². The van der Waals surface area contributed by atoms with Crippen LogP contribution in [0.2, 0.25) is 0 Å². The van der Waals surface area contributed by atoms with E-state index in [-0.39, 0.29) is 23.8 Å². The molecule has 0 aromatic heterocycles. The average Bonchev–Trinajstić information content (AvgIpc) is 3.04. The van der Waals surface area contributed by atoms with Crippen LogP contribution in [0, 0.1) is 0 Å². The Labute approximate surface area is 199 Å². The van der Waals surface area contributed by atoms with Gasteiger partial charge < -0.3 is 10.2 Å². The zero-order valence-corrected chi connectivity index (χ0v) is 18.6. The van der Waals surface area contributed by atoms with Gasteiger partial charge in [0.15, 0.2) is 5.11 Å². The highest BCUT2D eigenvalue weighted by atomic mass is 32.1. The highest BCUT2D eigenvalue weighted by Crippen LogP contribution is 2.34. The number of nitrogens with zero attached hydrogens (tertiary/aromatic N) is 2. The molecule has 1 N–H and O–H groups in total. The number of para-hydroxylation sites is 1. The van der Waals surface area contributed by atoms with Gasteiger partial charge in [-0.05, 0) is 48.1 Å². The predicted molar refractivity (Wildman–Crippen MR) is 127 cm³/mol. The Morgan fingerprint density at radius 1 is 0.941 bits per heavy atom. The Balaban J connectivity index is 1.64. The second kappa shape index (κ2) is 9.64. The maximum atomic E-state index is 13.4. The van der Waals surface area contributed by atoms with E-state index in [9.17, 15) is 22.8 Å². The molecule has 0 radical (unpaired) electrons. The lowest BCUT2D eigenvalue weighted by atomic mass is 10.1. The van der Waals surface area contributed by atoms with Gasteiger partial charge in [-0.2, -0.15) is 13.2 Å². The number of thiocarbonyl (C=S) groups is 1. The van der Waals surface area contributed by atoms with Crippen molar-refractivity contribution in [3.63, 3.8) is 0 Å². The molecule has 3 aromatic carbocycles. The third-order valence-electron chi connectivity index (χ3n) is 5.38. The summed E-state index contributed by atoms with van der Waals surface area (Å²) in [5.41, 5.74) is 0.538. The monoisotopic (exact) mass is 483 g/mol. The zero-order chi connectivity index (χ0) is 24.3. The van der Waals surface area contributed by atoms with E-state index in [2.05, 4.69) is 5.32 Å². The molecule has 34 heavy (non-hydrogen) atoms. The summed E-state index contributed by atoms with van der Waals surface area (Å²) in [6.07, 6.45) is -4.78. The van der Waals surface area contributed by atoms with Crippen LogP contribution in [0.4, 0.5) is 24.5 Å². The van der Waals surface area contributed by atoms with Crippen LogP contribution in [-0.4, -0.2) is 27.9 Å². The third kappa shape index (κ3) is 5.09. The molecule has 0 bridgehead atoms. The van der Waals surface area contributed by atoms with Crippen LogP contribution in [-0.2, 0) is 22.3 Å². The Morgan fingerprint density at radius 3 is 2.24 bits per heavy atom. The lowest BCUT2D eigenvalue weighted by Gasteiger charge is -2.24. The van der Waals surface area contributed by atoms with Crippen molar-refractivity contribution in [1.82, 2.24) is 4.90 Å². The fourth-order valence-electron chi connectivity index (χ4n) is 3.76. The highest BCUT2D eigenvalue weighted by Gasteiger charge is 2.44. The van der Waals surface area contributed by atoms with Gasteiger partial charge in [0.05, 0.1) is 17.7 Å². The lowest BCUT2D eigenvalue weighted by Crippen LogP contribution is -2.37. The van der Waals surface area contributed by atoms with Crippen molar-refractivity contribution >= 4 is 40.5 Å². The quantitative estimate of drug-likeness (QED) is 0.488. The minimum atomic E-state index is -4.57. The Bertz CT molecular complexity index is 1200. The molecule has 1 aliphatic rings. The molecule has 0 aliphatic carbocycles. The predicted octanol–water partition coefficient (Wildman–Crippen LogP) is 5.24. The molecule has 3 aromatic rings. The summed E-state index contributed by atoms with van der Waals surface area (Å²) in [7, 11) is 0. The van der Waals surface area contributed by atoms with Gasteiger partial charge >= 0.3 is 6.18 Å². The maximum Gasteiger partial charge on any atom is 0.416 e. The van der Waals surface area contributed by atoms with Crippen molar-refractivity contribution < 1.29 is 22.8 Å². The number of carbonyl (C=O) groups is 2. The van der Waals surface area contributed by atoms with Gasteiger partial charge in [-0.3, -0.25) is 14.5 Å². The molecular formula is C25H20F3N3O2S. The van der Waals surface area contributed by atoms with Crippen LogP contribution < -0.4 is 10.2 Å². The standard InChI is InChI=1S/C25H20F3N3O2S/c26-25(27,28)18-10-7-13-20(14-18)31-23(33)21(15-22(32)29-19-11-5-2-6-12-19)30(24(31)34)16-17-8-3-1-4-9-17/h1-14,21H,15-16H2,(H,29,32). The Kier molecular flexibility index (Phi) is 6.65. The van der Waals surface area contributed by atoms with Crippen molar-refractivity contribution in [2.75, 3.05) is 10.2 Å². The molecule has 1 unspecified atom stereocenters. The molecule has 2 amide bonds. The zero-order valence-electron chi connectivity index (χ0n) is 17.8. The number of hydrogen-bond acceptors (Lipinski definition) is 3. The van der Waals surface area contributed by atoms with Gasteiger partial charge in [0, 0.05) is 12.2 Å². The number of benzene rings is 3. The van der Waals surface area contributed by atoms with Crippen LogP contribution in [0.25, 0.3) is 0 Å². The third-order valence-corrected chi connectivity index (χ3v) is 5.80. The number of anilines is 2. The smallest absolute Gasteiger partial charge is 0.332 e. The second-order valence-electron chi connectivity index (χ2n) is 7.75. The van der Waals surface area contributed by atoms with E-state index in [1.54, 1.807) is 29.2 Å². The number of hydrogen-bond donors (Lipinski definition) is 1. The molecule has 1 aliphatic heterocycles. The molecule has 174 valence electrons. The Hall–Kier alpha value is -3.72. The van der Waals surface area contributed by atoms with Gasteiger partial charge in [0.1, 0.15) is 6.04 Å². The number of amides is 2. The van der Waals surface area contributed by atoms with Gasteiger partial charge in [0.2, 0.25) is 5.91 Å². The normalized spacial score (nSPS) is 16.1. The van der Waals surface area contributed by atoms with Crippen LogP contribution in [0.1, 0.15) is 17.5 Å². The van der Waals surface area contributed by atoms with Crippen molar-refractivity contribution in [3.8, 4) is 0 Å². The second-order valence-corrected chi connectivity index (χ2v) is 8.12. The summed E-state index contributed by atoms with van der Waals surface area (Å²) in [5, 5.41) is 2.79. The molecule has 0 spiro atoms. The molecule has 1 saturated heterocycles. The first-order chi connectivity index (χ1) is 16.2. The SMILES string of the molecule is O=C(CC1C(=O)N(c2cccc(C(F)(F)F)c2)C(=S)N1Cc1ccccc1)Nc1ccccc1. The number of carbonyl (C=O) groups excluding carboxylic acids is 2. The largest absolute Gasteiger partial charge is 0.416 e. The molecule has 9 heteroatoms. The summed E-state index contributed by atoms with van der Waals surface area (Å²) in [6.45, 7) is 0.226. The fraction of sp³-hybridized carbons (Fsp3) is 0.160. The molecule has 5 nitrogen and oxygen atoms in total. The van der Waals surface area contributed by atoms with Crippen molar-refractivity contribution in [2.45, 2.75) is 25.2 Å². The van der Waals surface area contributed by atoms with E-state index in [1.807, 2.05) is 36.4 Å². The topological polar surface area (TPSA) is 52.7 Å². The van der Waals surface area contributed by atoms with Crippen molar-refractivity contribution in [2.24, 2.45) is 0 Å². The summed E-state index contributed by atoms with van der Waals surface area (Å²) < 4.78 is 39.8. The summed E-state index contributed by atoms with van der Waals surface area (Å²) >= 11 is 5.53. The number of nitrogens with one attached hydrogen (secondary N) is 1. The maximum absolute atomic E-state index is 13.4. The lowest BCUT2D eigenvalue weighted by molar-refractivity contribution is -0.137. The van der Waals surface area contributed by atoms with Gasteiger partial charge in [-0.15, -0.1) is 0 Å². The van der Waals surface area contributed by atoms with Crippen molar-refractivity contribution in [3.05, 3.63) is 96.1 Å². The number of alkyl halides is 3. The van der Waals surface area contributed by atoms with Gasteiger partial charge in [-0.25, -0.2) is 0 Å². The van der Waals surface area contributed by atoms with E-state index in [1.165, 1.54) is 12.1 Å². The number of halogens is 3. The van der Waals surface area contributed by atoms with Gasteiger partial charge in [-0.1, -0.05) is 54.6 Å². The molecule has 4 rings (SSSR count). The van der Waals surface area contributed by atoms with E-state index in [0.29, 0.717) is 5.69 Å². The minimum Gasteiger partial charge on any atom is -0.332 e. The molecule has 1 atom stereocenters. The van der Waals surface area contributed by atoms with E-state index in [0.717, 1.165) is 22.6 Å². The van der Waals surface area contributed by atoms with Gasteiger partial charge in [0.25, 0.3) is 5.91 Å². The van der Waals surface area contributed by atoms with E-state index >= 15 is 0 Å². The average molecular weight is 484 g/mol. The minimum absolute atomic E-state index is 0.00820. The molecular weight excluding hydrogens is 463 g/mol. The van der Waals surface area contributed by atoms with Crippen molar-refractivity contribution in [1.29, 1.82) is 0 Å². The summed E-state index contributed by atoms with van der Waals surface area (Å²) in [4.78, 5) is 28.8. The fourth-order valence-corrected chi connectivity index (χ4v) is 4.15. The number of rotatable bonds is 6. The first kappa shape index (κ1) is 23.4. The van der Waals surface area contributed by atoms with E-state index < -0.39 is 29.6 Å². The van der Waals surface area contributed by atoms with Crippen LogP contribution in [0.3, 0.4) is 0 Å². The summed E-state index contributed by atoms with van der Waals surface area (Å²) in [5.74, 6) is -0.959. The highest BCUT2D eigenvalue weighted by molar-refractivity contribution is 7.80. The molecule has 0 saturated carbocycles. The van der Waals surface area contributed by atoms with E-state index in [4.69, 9.17) is 12.2 Å². The summed E-state index contributed by atoms with van der Waals surface area (Å²) in [6, 6.07) is 21.5. The molecule has 1 fully saturated rings. The Morgan fingerprint density at radius 2 is 1.59 bits per heavy atom. The van der Waals surface area contributed by atoms with Crippen LogP contribution in [0.5, 0.6) is 0 Å².